The van der Waals surface area contributed by atoms with Gasteiger partial charge < -0.3 is 9.47 Å². The molecule has 4 nitrogen and oxygen atoms in total. The maximum atomic E-state index is 11.5. The smallest absolute Gasteiger partial charge is 0.373 e. The summed E-state index contributed by atoms with van der Waals surface area (Å²) in [6.07, 6.45) is -3.16. The summed E-state index contributed by atoms with van der Waals surface area (Å²) in [5.74, 6) is -2.28. The van der Waals surface area contributed by atoms with E-state index in [0.29, 0.717) is 0 Å². The summed E-state index contributed by atoms with van der Waals surface area (Å²) in [5, 5.41) is 0. The first-order valence-electron chi connectivity index (χ1n) is 3.72. The van der Waals surface area contributed by atoms with E-state index in [1.54, 1.807) is 0 Å². The maximum absolute atomic E-state index is 11.5. The lowest BCUT2D eigenvalue weighted by molar-refractivity contribution is -0.160. The summed E-state index contributed by atoms with van der Waals surface area (Å²) in [5.41, 5.74) is 0.185. The van der Waals surface area contributed by atoms with E-state index in [0.717, 1.165) is 0 Å². The van der Waals surface area contributed by atoms with E-state index < -0.39 is 18.4 Å². The van der Waals surface area contributed by atoms with Crippen molar-refractivity contribution in [1.29, 1.82) is 0 Å². The Bertz CT molecular complexity index is 237. The highest BCUT2D eigenvalue weighted by atomic mass is 19.3. The van der Waals surface area contributed by atoms with Gasteiger partial charge in [0.2, 0.25) is 0 Å². The monoisotopic (exact) mass is 208 g/mol. The molecule has 0 fully saturated rings. The number of hydrogen-bond donors (Lipinski definition) is 0. The number of hydrogen-bond acceptors (Lipinski definition) is 4. The number of rotatable bonds is 5. The molecule has 0 heterocycles. The zero-order valence-corrected chi connectivity index (χ0v) is 7.59. The van der Waals surface area contributed by atoms with Gasteiger partial charge in [-0.1, -0.05) is 6.58 Å². The third-order valence-corrected chi connectivity index (χ3v) is 1.09. The molecule has 0 atom stereocenters. The van der Waals surface area contributed by atoms with Crippen molar-refractivity contribution in [3.63, 3.8) is 0 Å². The van der Waals surface area contributed by atoms with E-state index in [9.17, 15) is 18.4 Å². The van der Waals surface area contributed by atoms with Gasteiger partial charge in [-0.15, -0.1) is 0 Å². The zero-order chi connectivity index (χ0) is 11.1. The minimum atomic E-state index is -3.16. The van der Waals surface area contributed by atoms with E-state index in [1.807, 2.05) is 0 Å². The van der Waals surface area contributed by atoms with Gasteiger partial charge >= 0.3 is 18.4 Å². The van der Waals surface area contributed by atoms with Gasteiger partial charge in [0.15, 0.2) is 0 Å². The Morgan fingerprint density at radius 3 is 2.21 bits per heavy atom. The first kappa shape index (κ1) is 12.5. The molecule has 0 radical (unpaired) electrons. The molecule has 80 valence electrons. The Kier molecular flexibility index (Phi) is 5.43. The van der Waals surface area contributed by atoms with Crippen molar-refractivity contribution < 1.29 is 27.8 Å². The van der Waals surface area contributed by atoms with Crippen LogP contribution in [0.3, 0.4) is 0 Å². The molecule has 0 aromatic rings. The fraction of sp³-hybridized carbons (Fsp3) is 0.500. The van der Waals surface area contributed by atoms with E-state index in [-0.39, 0.29) is 18.8 Å². The van der Waals surface area contributed by atoms with Crippen LogP contribution in [0, 0.1) is 0 Å². The van der Waals surface area contributed by atoms with Crippen LogP contribution in [-0.4, -0.2) is 31.6 Å². The van der Waals surface area contributed by atoms with Crippen LogP contribution in [0.5, 0.6) is 0 Å². The van der Waals surface area contributed by atoms with Gasteiger partial charge in [-0.3, -0.25) is 0 Å². The molecule has 0 aliphatic rings. The molecule has 0 bridgehead atoms. The number of ether oxygens (including phenoxy) is 2. The SMILES string of the molecule is C=C(C)C(=O)OCCOC(=O)C(F)F. The fourth-order valence-corrected chi connectivity index (χ4v) is 0.463. The molecule has 0 aromatic carbocycles. The molecule has 0 N–H and O–H groups in total. The summed E-state index contributed by atoms with van der Waals surface area (Å²) < 4.78 is 31.6. The van der Waals surface area contributed by atoms with Crippen LogP contribution in [0.2, 0.25) is 0 Å². The van der Waals surface area contributed by atoms with E-state index in [2.05, 4.69) is 16.1 Å². The third-order valence-electron chi connectivity index (χ3n) is 1.09. The van der Waals surface area contributed by atoms with Gasteiger partial charge in [0.25, 0.3) is 0 Å². The van der Waals surface area contributed by atoms with Crippen LogP contribution in [-0.2, 0) is 19.1 Å². The third kappa shape index (κ3) is 5.23. The number of halogens is 2. The van der Waals surface area contributed by atoms with Gasteiger partial charge in [0.1, 0.15) is 13.2 Å². The average Bonchev–Trinajstić information content (AvgIpc) is 2.11. The van der Waals surface area contributed by atoms with Crippen molar-refractivity contribution in [1.82, 2.24) is 0 Å². The normalized spacial score (nSPS) is 9.71. The van der Waals surface area contributed by atoms with Gasteiger partial charge in [-0.2, -0.15) is 8.78 Å². The van der Waals surface area contributed by atoms with Crippen LogP contribution in [0.25, 0.3) is 0 Å². The van der Waals surface area contributed by atoms with E-state index in [4.69, 9.17) is 0 Å². The topological polar surface area (TPSA) is 52.6 Å². The molecule has 0 unspecified atom stereocenters. The Morgan fingerprint density at radius 2 is 1.79 bits per heavy atom. The van der Waals surface area contributed by atoms with Crippen molar-refractivity contribution in [2.45, 2.75) is 13.3 Å². The predicted molar refractivity (Wildman–Crippen MR) is 42.7 cm³/mol. The highest BCUT2D eigenvalue weighted by Crippen LogP contribution is 1.96. The summed E-state index contributed by atoms with van der Waals surface area (Å²) in [6.45, 7) is 4.09. The molecule has 14 heavy (non-hydrogen) atoms. The van der Waals surface area contributed by atoms with Gasteiger partial charge in [0, 0.05) is 5.57 Å². The Hall–Kier alpha value is -1.46. The molecule has 0 rings (SSSR count). The maximum Gasteiger partial charge on any atom is 0.373 e. The number of carbonyl (C=O) groups is 2. The molecule has 6 heteroatoms. The van der Waals surface area contributed by atoms with Gasteiger partial charge in [-0.05, 0) is 6.92 Å². The molecule has 0 aliphatic heterocycles. The van der Waals surface area contributed by atoms with Crippen LogP contribution in [0.4, 0.5) is 8.78 Å². The molecular formula is C8H10F2O4. The Balaban J connectivity index is 3.52. The van der Waals surface area contributed by atoms with Crippen LogP contribution < -0.4 is 0 Å². The minimum Gasteiger partial charge on any atom is -0.459 e. The van der Waals surface area contributed by atoms with Gasteiger partial charge in [-0.25, -0.2) is 9.59 Å². The fourth-order valence-electron chi connectivity index (χ4n) is 0.463. The second-order valence-electron chi connectivity index (χ2n) is 2.38. The average molecular weight is 208 g/mol. The van der Waals surface area contributed by atoms with Crippen molar-refractivity contribution in [3.05, 3.63) is 12.2 Å². The molecule has 0 spiro atoms. The number of alkyl halides is 2. The molecule has 0 amide bonds. The second-order valence-corrected chi connectivity index (χ2v) is 2.38. The van der Waals surface area contributed by atoms with Crippen molar-refractivity contribution in [2.75, 3.05) is 13.2 Å². The number of esters is 2. The lowest BCUT2D eigenvalue weighted by Gasteiger charge is -2.05. The second kappa shape index (κ2) is 6.06. The molecular weight excluding hydrogens is 198 g/mol. The molecule has 0 saturated heterocycles. The van der Waals surface area contributed by atoms with E-state index >= 15 is 0 Å². The van der Waals surface area contributed by atoms with Crippen LogP contribution in [0.1, 0.15) is 6.92 Å². The van der Waals surface area contributed by atoms with E-state index in [1.165, 1.54) is 6.92 Å². The van der Waals surface area contributed by atoms with Crippen molar-refractivity contribution >= 4 is 11.9 Å². The number of carbonyl (C=O) groups excluding carboxylic acids is 2. The predicted octanol–water partition coefficient (Wildman–Crippen LogP) is 0.914. The first-order chi connectivity index (χ1) is 6.45. The lowest BCUT2D eigenvalue weighted by Crippen LogP contribution is -2.18. The zero-order valence-electron chi connectivity index (χ0n) is 7.59. The summed E-state index contributed by atoms with van der Waals surface area (Å²) in [6, 6.07) is 0. The standard InChI is InChI=1S/C8H10F2O4/c1-5(2)7(11)13-3-4-14-8(12)6(9)10/h6H,1,3-4H2,2H3. The minimum absolute atomic E-state index is 0.185. The highest BCUT2D eigenvalue weighted by molar-refractivity contribution is 5.86. The molecule has 0 aromatic heterocycles. The van der Waals surface area contributed by atoms with Crippen LogP contribution in [0.15, 0.2) is 12.2 Å². The largest absolute Gasteiger partial charge is 0.459 e. The summed E-state index contributed by atoms with van der Waals surface area (Å²) in [4.78, 5) is 20.9. The Labute approximate surface area is 79.5 Å². The summed E-state index contributed by atoms with van der Waals surface area (Å²) >= 11 is 0. The van der Waals surface area contributed by atoms with Crippen molar-refractivity contribution in [3.8, 4) is 0 Å². The summed E-state index contributed by atoms with van der Waals surface area (Å²) in [7, 11) is 0. The van der Waals surface area contributed by atoms with Gasteiger partial charge in [0.05, 0.1) is 0 Å². The molecule has 0 aliphatic carbocycles. The first-order valence-corrected chi connectivity index (χ1v) is 3.72. The van der Waals surface area contributed by atoms with Crippen molar-refractivity contribution in [2.24, 2.45) is 0 Å². The van der Waals surface area contributed by atoms with Crippen LogP contribution >= 0.6 is 0 Å². The molecule has 0 saturated carbocycles. The Morgan fingerprint density at radius 1 is 1.29 bits per heavy atom. The highest BCUT2D eigenvalue weighted by Gasteiger charge is 2.16. The quantitative estimate of drug-likeness (QED) is 0.383. The lowest BCUT2D eigenvalue weighted by atomic mass is 10.4.